The van der Waals surface area contributed by atoms with Gasteiger partial charge in [0.15, 0.2) is 12.2 Å². The van der Waals surface area contributed by atoms with E-state index in [2.05, 4.69) is 15.3 Å². The molecule has 0 aliphatic carbocycles. The predicted octanol–water partition coefficient (Wildman–Crippen LogP) is 5.21. The second-order valence-electron chi connectivity index (χ2n) is 5.85. The first-order valence-electron chi connectivity index (χ1n) is 8.27. The van der Waals surface area contributed by atoms with E-state index in [0.29, 0.717) is 38.5 Å². The number of anilines is 1. The zero-order valence-corrected chi connectivity index (χ0v) is 15.9. The van der Waals surface area contributed by atoms with E-state index in [1.807, 2.05) is 12.1 Å². The zero-order valence-electron chi connectivity index (χ0n) is 14.4. The Morgan fingerprint density at radius 2 is 2.04 bits per heavy atom. The van der Waals surface area contributed by atoms with Gasteiger partial charge in [0.05, 0.1) is 10.6 Å². The monoisotopic (exact) mass is 413 g/mol. The minimum atomic E-state index is -0.332. The van der Waals surface area contributed by atoms with Gasteiger partial charge in [-0.15, -0.1) is 0 Å². The summed E-state index contributed by atoms with van der Waals surface area (Å²) >= 11 is 11.9. The van der Waals surface area contributed by atoms with E-state index in [-0.39, 0.29) is 12.5 Å². The maximum Gasteiger partial charge on any atom is 0.262 e. The summed E-state index contributed by atoms with van der Waals surface area (Å²) in [6.45, 7) is -0.195. The molecule has 0 spiro atoms. The third-order valence-corrected chi connectivity index (χ3v) is 4.36. The lowest BCUT2D eigenvalue weighted by atomic mass is 10.3. The summed E-state index contributed by atoms with van der Waals surface area (Å²) in [5.41, 5.74) is 2.59. The van der Waals surface area contributed by atoms with E-state index >= 15 is 0 Å². The van der Waals surface area contributed by atoms with Gasteiger partial charge in [0.2, 0.25) is 5.89 Å². The molecule has 0 fully saturated rings. The molecule has 2 aromatic heterocycles. The largest absolute Gasteiger partial charge is 0.482 e. The van der Waals surface area contributed by atoms with Crippen LogP contribution in [0.15, 0.2) is 65.3 Å². The van der Waals surface area contributed by atoms with Crippen LogP contribution >= 0.6 is 23.2 Å². The van der Waals surface area contributed by atoms with Crippen molar-refractivity contribution in [2.24, 2.45) is 0 Å². The molecule has 0 bridgehead atoms. The zero-order chi connectivity index (χ0) is 19.5. The van der Waals surface area contributed by atoms with Gasteiger partial charge in [-0.2, -0.15) is 0 Å². The van der Waals surface area contributed by atoms with Gasteiger partial charge in [0.25, 0.3) is 5.91 Å². The predicted molar refractivity (Wildman–Crippen MR) is 108 cm³/mol. The van der Waals surface area contributed by atoms with Crippen molar-refractivity contribution < 1.29 is 13.9 Å². The molecule has 0 aliphatic heterocycles. The molecule has 1 amide bonds. The minimum Gasteiger partial charge on any atom is -0.482 e. The Morgan fingerprint density at radius 1 is 1.14 bits per heavy atom. The summed E-state index contributed by atoms with van der Waals surface area (Å²) in [5, 5.41) is 3.59. The number of nitrogens with zero attached hydrogens (tertiary/aromatic N) is 2. The lowest BCUT2D eigenvalue weighted by Gasteiger charge is -2.09. The van der Waals surface area contributed by atoms with Gasteiger partial charge in [-0.1, -0.05) is 23.2 Å². The van der Waals surface area contributed by atoms with Crippen molar-refractivity contribution >= 4 is 45.9 Å². The Morgan fingerprint density at radius 3 is 2.82 bits per heavy atom. The number of amides is 1. The van der Waals surface area contributed by atoms with Crippen molar-refractivity contribution in [3.63, 3.8) is 0 Å². The fourth-order valence-corrected chi connectivity index (χ4v) is 3.01. The van der Waals surface area contributed by atoms with E-state index in [1.165, 1.54) is 0 Å². The van der Waals surface area contributed by atoms with Crippen molar-refractivity contribution in [3.05, 3.63) is 71.0 Å². The van der Waals surface area contributed by atoms with Crippen LogP contribution in [0.5, 0.6) is 5.75 Å². The summed E-state index contributed by atoms with van der Waals surface area (Å²) in [4.78, 5) is 20.7. The van der Waals surface area contributed by atoms with Crippen LogP contribution < -0.4 is 10.1 Å². The van der Waals surface area contributed by atoms with Crippen molar-refractivity contribution in [2.45, 2.75) is 0 Å². The summed E-state index contributed by atoms with van der Waals surface area (Å²) in [7, 11) is 0. The average Bonchev–Trinajstić information content (AvgIpc) is 3.11. The highest BCUT2D eigenvalue weighted by Gasteiger charge is 2.11. The van der Waals surface area contributed by atoms with E-state index in [1.54, 1.807) is 48.8 Å². The van der Waals surface area contributed by atoms with Crippen LogP contribution in [0.1, 0.15) is 0 Å². The fraction of sp³-hybridized carbons (Fsp3) is 0.0500. The van der Waals surface area contributed by atoms with Crippen LogP contribution in [0.2, 0.25) is 10.0 Å². The normalized spacial score (nSPS) is 10.8. The number of aromatic nitrogens is 2. The Kier molecular flexibility index (Phi) is 5.14. The molecule has 2 heterocycles. The number of oxazole rings is 1. The highest BCUT2D eigenvalue weighted by atomic mass is 35.5. The maximum absolute atomic E-state index is 12.2. The second kappa shape index (κ2) is 7.88. The number of hydrogen-bond acceptors (Lipinski definition) is 5. The van der Waals surface area contributed by atoms with Gasteiger partial charge in [0.1, 0.15) is 11.3 Å². The first kappa shape index (κ1) is 18.3. The number of benzene rings is 2. The van der Waals surface area contributed by atoms with Gasteiger partial charge >= 0.3 is 0 Å². The minimum absolute atomic E-state index is 0.195. The Bertz CT molecular complexity index is 1150. The van der Waals surface area contributed by atoms with Gasteiger partial charge in [-0.25, -0.2) is 4.98 Å². The van der Waals surface area contributed by atoms with E-state index in [4.69, 9.17) is 32.4 Å². The molecule has 28 heavy (non-hydrogen) atoms. The van der Waals surface area contributed by atoms with Crippen LogP contribution in [0.25, 0.3) is 22.6 Å². The van der Waals surface area contributed by atoms with Gasteiger partial charge in [0, 0.05) is 23.1 Å². The van der Waals surface area contributed by atoms with Gasteiger partial charge in [-0.3, -0.25) is 9.78 Å². The number of ether oxygens (including phenoxy) is 1. The molecule has 6 nitrogen and oxygen atoms in total. The van der Waals surface area contributed by atoms with Gasteiger partial charge < -0.3 is 14.5 Å². The Labute approximate surface area is 170 Å². The molecule has 0 atom stereocenters. The van der Waals surface area contributed by atoms with Crippen LogP contribution in [0.4, 0.5) is 5.69 Å². The summed E-state index contributed by atoms with van der Waals surface area (Å²) in [6, 6.07) is 13.7. The number of pyridine rings is 1. The van der Waals surface area contributed by atoms with E-state index < -0.39 is 0 Å². The summed E-state index contributed by atoms with van der Waals surface area (Å²) < 4.78 is 11.2. The lowest BCUT2D eigenvalue weighted by Crippen LogP contribution is -2.20. The number of rotatable bonds is 5. The number of carbonyl (C=O) groups is 1. The number of fused-ring (bicyclic) bond motifs is 1. The molecular weight excluding hydrogens is 401 g/mol. The van der Waals surface area contributed by atoms with Crippen molar-refractivity contribution in [2.75, 3.05) is 11.9 Å². The molecule has 2 aromatic carbocycles. The molecule has 8 heteroatoms. The van der Waals surface area contributed by atoms with Crippen LogP contribution in [0.3, 0.4) is 0 Å². The number of carbonyl (C=O) groups excluding carboxylic acids is 1. The number of halogens is 2. The first-order chi connectivity index (χ1) is 13.6. The quantitative estimate of drug-likeness (QED) is 0.485. The average molecular weight is 414 g/mol. The smallest absolute Gasteiger partial charge is 0.262 e. The Hall–Kier alpha value is -3.09. The molecule has 0 saturated carbocycles. The molecule has 0 saturated heterocycles. The van der Waals surface area contributed by atoms with Crippen LogP contribution in [-0.4, -0.2) is 22.5 Å². The molecule has 4 rings (SSSR count). The van der Waals surface area contributed by atoms with Crippen LogP contribution in [0, 0.1) is 0 Å². The lowest BCUT2D eigenvalue weighted by molar-refractivity contribution is -0.118. The molecule has 0 unspecified atom stereocenters. The highest BCUT2D eigenvalue weighted by Crippen LogP contribution is 2.28. The standard InChI is InChI=1S/C20H13Cl2N3O3/c21-13-3-5-17(15(22)8-13)27-11-19(26)24-14-4-6-18-16(9-14)25-20(28-18)12-2-1-7-23-10-12/h1-10H,11H2,(H,24,26). The number of nitrogens with one attached hydrogen (secondary N) is 1. The summed E-state index contributed by atoms with van der Waals surface area (Å²) in [6.07, 6.45) is 3.35. The molecule has 0 aliphatic rings. The fourth-order valence-electron chi connectivity index (χ4n) is 2.55. The molecular formula is C20H13Cl2N3O3. The second-order valence-corrected chi connectivity index (χ2v) is 6.70. The van der Waals surface area contributed by atoms with Crippen molar-refractivity contribution in [1.29, 1.82) is 0 Å². The first-order valence-corrected chi connectivity index (χ1v) is 9.03. The molecule has 1 N–H and O–H groups in total. The van der Waals surface area contributed by atoms with Crippen LogP contribution in [-0.2, 0) is 4.79 Å². The summed E-state index contributed by atoms with van der Waals surface area (Å²) in [5.74, 6) is 0.517. The maximum atomic E-state index is 12.2. The van der Waals surface area contributed by atoms with Crippen molar-refractivity contribution in [3.8, 4) is 17.2 Å². The molecule has 0 radical (unpaired) electrons. The van der Waals surface area contributed by atoms with Gasteiger partial charge in [-0.05, 0) is 48.5 Å². The highest BCUT2D eigenvalue weighted by molar-refractivity contribution is 6.35. The van der Waals surface area contributed by atoms with E-state index in [0.717, 1.165) is 5.56 Å². The third-order valence-electron chi connectivity index (χ3n) is 3.83. The SMILES string of the molecule is O=C(COc1ccc(Cl)cc1Cl)Nc1ccc2oc(-c3cccnc3)nc2c1. The molecule has 4 aromatic rings. The van der Waals surface area contributed by atoms with E-state index in [9.17, 15) is 4.79 Å². The Balaban J connectivity index is 1.44. The third kappa shape index (κ3) is 4.08. The van der Waals surface area contributed by atoms with Crippen molar-refractivity contribution in [1.82, 2.24) is 9.97 Å². The topological polar surface area (TPSA) is 77.2 Å². The number of hydrogen-bond donors (Lipinski definition) is 1. The molecule has 140 valence electrons.